The second-order valence-electron chi connectivity index (χ2n) is 7.89. The van der Waals surface area contributed by atoms with Crippen LogP contribution in [0.1, 0.15) is 79.6 Å². The summed E-state index contributed by atoms with van der Waals surface area (Å²) in [6.45, 7) is 15.8. The molecule has 25 heavy (non-hydrogen) atoms. The number of methoxy groups -OCH3 is 1. The van der Waals surface area contributed by atoms with Crippen LogP contribution in [0.3, 0.4) is 0 Å². The maximum Gasteiger partial charge on any atom is 0.0598 e. The molecular formula is C21H46N2O2. The van der Waals surface area contributed by atoms with Crippen LogP contribution in [0.4, 0.5) is 0 Å². The summed E-state index contributed by atoms with van der Waals surface area (Å²) in [7, 11) is 1.77. The summed E-state index contributed by atoms with van der Waals surface area (Å²) < 4.78 is 10.6. The molecule has 2 heterocycles. The van der Waals surface area contributed by atoms with Gasteiger partial charge in [0.05, 0.1) is 5.60 Å². The highest BCUT2D eigenvalue weighted by Gasteiger charge is 2.14. The van der Waals surface area contributed by atoms with Gasteiger partial charge in [-0.15, -0.1) is 0 Å². The van der Waals surface area contributed by atoms with Crippen LogP contribution in [-0.2, 0) is 9.47 Å². The summed E-state index contributed by atoms with van der Waals surface area (Å²) in [4.78, 5) is 0. The molecule has 0 saturated carbocycles. The van der Waals surface area contributed by atoms with Crippen LogP contribution in [0.2, 0.25) is 0 Å². The zero-order chi connectivity index (χ0) is 19.0. The maximum atomic E-state index is 5.66. The lowest BCUT2D eigenvalue weighted by molar-refractivity contribution is -0.00522. The van der Waals surface area contributed by atoms with Crippen molar-refractivity contribution in [3.8, 4) is 0 Å². The first kappa shape index (κ1) is 24.8. The Bertz CT molecular complexity index is 268. The van der Waals surface area contributed by atoms with Gasteiger partial charge in [0.15, 0.2) is 0 Å². The van der Waals surface area contributed by atoms with Crippen LogP contribution in [0.5, 0.6) is 0 Å². The van der Waals surface area contributed by atoms with Gasteiger partial charge in [-0.3, -0.25) is 0 Å². The number of ether oxygens (including phenoxy) is 2. The maximum absolute atomic E-state index is 5.66. The summed E-state index contributed by atoms with van der Waals surface area (Å²) in [6.07, 6.45) is 9.10. The number of rotatable bonds is 8. The molecule has 1 unspecified atom stereocenters. The van der Waals surface area contributed by atoms with Gasteiger partial charge in [-0.1, -0.05) is 13.8 Å². The predicted molar refractivity (Wildman–Crippen MR) is 109 cm³/mol. The second kappa shape index (κ2) is 16.0. The van der Waals surface area contributed by atoms with Crippen molar-refractivity contribution in [1.82, 2.24) is 10.6 Å². The summed E-state index contributed by atoms with van der Waals surface area (Å²) in [5.41, 5.74) is 0.0309. The third-order valence-corrected chi connectivity index (χ3v) is 4.52. The van der Waals surface area contributed by atoms with E-state index in [1.807, 2.05) is 13.8 Å². The van der Waals surface area contributed by atoms with Gasteiger partial charge in [0.25, 0.3) is 0 Å². The summed E-state index contributed by atoms with van der Waals surface area (Å²) in [5.74, 6) is 0.926. The Balaban J connectivity index is 0.000000430. The van der Waals surface area contributed by atoms with Crippen molar-refractivity contribution in [1.29, 1.82) is 0 Å². The van der Waals surface area contributed by atoms with Crippen LogP contribution in [0.25, 0.3) is 0 Å². The normalized spacial score (nSPS) is 22.8. The largest absolute Gasteiger partial charge is 0.385 e. The van der Waals surface area contributed by atoms with Crippen molar-refractivity contribution < 1.29 is 9.47 Å². The summed E-state index contributed by atoms with van der Waals surface area (Å²) >= 11 is 0. The van der Waals surface area contributed by atoms with E-state index >= 15 is 0 Å². The monoisotopic (exact) mass is 358 g/mol. The van der Waals surface area contributed by atoms with E-state index in [-0.39, 0.29) is 5.60 Å². The van der Waals surface area contributed by atoms with Gasteiger partial charge < -0.3 is 20.1 Å². The zero-order valence-corrected chi connectivity index (χ0v) is 18.0. The van der Waals surface area contributed by atoms with Crippen molar-refractivity contribution in [3.05, 3.63) is 0 Å². The molecule has 152 valence electrons. The first-order valence-electron chi connectivity index (χ1n) is 10.6. The molecule has 2 atom stereocenters. The lowest BCUT2D eigenvalue weighted by atomic mass is 10.0. The van der Waals surface area contributed by atoms with Gasteiger partial charge in [0, 0.05) is 26.4 Å². The SMILES string of the molecule is CC.CC(C)(C)OCCC[C@H]1CCCN1.COCCCC1CCNC1. The molecule has 2 saturated heterocycles. The summed E-state index contributed by atoms with van der Waals surface area (Å²) in [5, 5.41) is 6.86. The Labute approximate surface area is 157 Å². The van der Waals surface area contributed by atoms with Gasteiger partial charge in [-0.25, -0.2) is 0 Å². The second-order valence-corrected chi connectivity index (χ2v) is 7.89. The molecule has 0 spiro atoms. The first-order chi connectivity index (χ1) is 12.0. The molecular weight excluding hydrogens is 312 g/mol. The smallest absolute Gasteiger partial charge is 0.0598 e. The first-order valence-corrected chi connectivity index (χ1v) is 10.6. The minimum absolute atomic E-state index is 0.0309. The Hall–Kier alpha value is -0.160. The van der Waals surface area contributed by atoms with E-state index < -0.39 is 0 Å². The molecule has 4 nitrogen and oxygen atoms in total. The van der Waals surface area contributed by atoms with Crippen molar-refractivity contribution in [2.75, 3.05) is 40.0 Å². The number of hydrogen-bond acceptors (Lipinski definition) is 4. The fourth-order valence-corrected chi connectivity index (χ4v) is 3.19. The lowest BCUT2D eigenvalue weighted by Gasteiger charge is -2.20. The molecule has 0 aliphatic carbocycles. The summed E-state index contributed by atoms with van der Waals surface area (Å²) in [6, 6.07) is 0.767. The molecule has 0 amide bonds. The number of hydrogen-bond donors (Lipinski definition) is 2. The van der Waals surface area contributed by atoms with E-state index in [0.29, 0.717) is 0 Å². The Morgan fingerprint density at radius 2 is 1.68 bits per heavy atom. The van der Waals surface area contributed by atoms with Crippen molar-refractivity contribution >= 4 is 0 Å². The fourth-order valence-electron chi connectivity index (χ4n) is 3.19. The van der Waals surface area contributed by atoms with Crippen LogP contribution >= 0.6 is 0 Å². The molecule has 0 aromatic rings. The third-order valence-electron chi connectivity index (χ3n) is 4.52. The average molecular weight is 359 g/mol. The van der Waals surface area contributed by atoms with E-state index in [9.17, 15) is 0 Å². The van der Waals surface area contributed by atoms with Gasteiger partial charge in [0.2, 0.25) is 0 Å². The van der Waals surface area contributed by atoms with Gasteiger partial charge in [0.1, 0.15) is 0 Å². The van der Waals surface area contributed by atoms with Crippen molar-refractivity contribution in [2.24, 2.45) is 5.92 Å². The van der Waals surface area contributed by atoms with Crippen LogP contribution in [0.15, 0.2) is 0 Å². The highest BCUT2D eigenvalue weighted by atomic mass is 16.5. The van der Waals surface area contributed by atoms with Gasteiger partial charge in [-0.2, -0.15) is 0 Å². The van der Waals surface area contributed by atoms with E-state index in [1.54, 1.807) is 7.11 Å². The molecule has 2 N–H and O–H groups in total. The molecule has 0 radical (unpaired) electrons. The number of nitrogens with one attached hydrogen (secondary N) is 2. The van der Waals surface area contributed by atoms with Gasteiger partial charge >= 0.3 is 0 Å². The van der Waals surface area contributed by atoms with E-state index in [4.69, 9.17) is 9.47 Å². The third kappa shape index (κ3) is 15.8. The zero-order valence-electron chi connectivity index (χ0n) is 18.0. The Morgan fingerprint density at radius 1 is 0.960 bits per heavy atom. The lowest BCUT2D eigenvalue weighted by Crippen LogP contribution is -2.23. The molecule has 2 aliphatic heterocycles. The average Bonchev–Trinajstić information content (AvgIpc) is 3.27. The molecule has 0 aromatic carbocycles. The Kier molecular flexibility index (Phi) is 15.9. The van der Waals surface area contributed by atoms with E-state index in [1.165, 1.54) is 64.6 Å². The van der Waals surface area contributed by atoms with E-state index in [0.717, 1.165) is 25.2 Å². The highest BCUT2D eigenvalue weighted by molar-refractivity contribution is 4.73. The van der Waals surface area contributed by atoms with Crippen molar-refractivity contribution in [2.45, 2.75) is 91.2 Å². The Morgan fingerprint density at radius 3 is 2.20 bits per heavy atom. The van der Waals surface area contributed by atoms with E-state index in [2.05, 4.69) is 31.4 Å². The quantitative estimate of drug-likeness (QED) is 0.632. The fraction of sp³-hybridized carbons (Fsp3) is 1.00. The molecule has 0 aromatic heterocycles. The molecule has 2 fully saturated rings. The van der Waals surface area contributed by atoms with Crippen LogP contribution < -0.4 is 10.6 Å². The van der Waals surface area contributed by atoms with Crippen LogP contribution in [-0.4, -0.2) is 51.6 Å². The van der Waals surface area contributed by atoms with Crippen LogP contribution in [0, 0.1) is 5.92 Å². The standard InChI is InChI=1S/C11H23NO.C8H17NO.C2H6/c1-11(2,3)13-9-5-7-10-6-4-8-12-10;1-10-6-2-3-8-4-5-9-7-8;1-2/h10,12H,4-9H2,1-3H3;8-9H,2-7H2,1H3;1-2H3/t10-;;/m1../s1. The minimum atomic E-state index is 0.0309. The topological polar surface area (TPSA) is 42.5 Å². The molecule has 2 rings (SSSR count). The molecule has 2 aliphatic rings. The molecule has 0 bridgehead atoms. The highest BCUT2D eigenvalue weighted by Crippen LogP contribution is 2.14. The van der Waals surface area contributed by atoms with Gasteiger partial charge in [-0.05, 0) is 91.3 Å². The molecule has 4 heteroatoms. The minimum Gasteiger partial charge on any atom is -0.385 e. The predicted octanol–water partition coefficient (Wildman–Crippen LogP) is 4.38. The van der Waals surface area contributed by atoms with Crippen molar-refractivity contribution in [3.63, 3.8) is 0 Å².